The zero-order valence-corrected chi connectivity index (χ0v) is 9.27. The molecule has 0 radical (unpaired) electrons. The minimum absolute atomic E-state index is 0.248. The zero-order chi connectivity index (χ0) is 10.2. The molecule has 0 spiro atoms. The molecule has 2 heteroatoms. The van der Waals surface area contributed by atoms with Crippen molar-refractivity contribution in [3.63, 3.8) is 0 Å². The fourth-order valence-electron chi connectivity index (χ4n) is 2.16. The first-order valence-electron chi connectivity index (χ1n) is 5.11. The second-order valence-corrected chi connectivity index (χ2v) is 4.98. The molecule has 1 atom stereocenters. The van der Waals surface area contributed by atoms with Crippen LogP contribution in [0.5, 0.6) is 0 Å². The lowest BCUT2D eigenvalue weighted by Gasteiger charge is -2.34. The van der Waals surface area contributed by atoms with Crippen LogP contribution in [-0.2, 0) is 12.8 Å². The highest BCUT2D eigenvalue weighted by Gasteiger charge is 2.29. The zero-order valence-electron chi connectivity index (χ0n) is 8.52. The van der Waals surface area contributed by atoms with Crippen LogP contribution in [-0.4, -0.2) is 6.54 Å². The highest BCUT2D eigenvalue weighted by molar-refractivity contribution is 6.31. The van der Waals surface area contributed by atoms with Crippen molar-refractivity contribution in [3.05, 3.63) is 34.3 Å². The minimum atomic E-state index is 0.248. The van der Waals surface area contributed by atoms with E-state index in [1.165, 1.54) is 17.5 Å². The van der Waals surface area contributed by atoms with Crippen molar-refractivity contribution >= 4 is 11.6 Å². The molecule has 1 aromatic rings. The Morgan fingerprint density at radius 1 is 1.50 bits per heavy atom. The monoisotopic (exact) mass is 209 g/mol. The molecule has 0 aromatic heterocycles. The van der Waals surface area contributed by atoms with Gasteiger partial charge in [-0.15, -0.1) is 0 Å². The average Bonchev–Trinajstić information content (AvgIpc) is 2.20. The van der Waals surface area contributed by atoms with Gasteiger partial charge in [0.15, 0.2) is 0 Å². The van der Waals surface area contributed by atoms with Gasteiger partial charge in [0.25, 0.3) is 0 Å². The molecule has 0 bridgehead atoms. The van der Waals surface area contributed by atoms with Crippen LogP contribution < -0.4 is 5.73 Å². The number of benzene rings is 1. The fourth-order valence-corrected chi connectivity index (χ4v) is 2.42. The van der Waals surface area contributed by atoms with Crippen LogP contribution >= 0.6 is 11.6 Å². The van der Waals surface area contributed by atoms with E-state index in [0.29, 0.717) is 0 Å². The van der Waals surface area contributed by atoms with Crippen LogP contribution in [0.3, 0.4) is 0 Å². The van der Waals surface area contributed by atoms with E-state index >= 15 is 0 Å². The van der Waals surface area contributed by atoms with E-state index in [0.717, 1.165) is 24.4 Å². The maximum atomic E-state index is 6.19. The molecule has 0 aliphatic heterocycles. The molecule has 0 amide bonds. The summed E-state index contributed by atoms with van der Waals surface area (Å²) in [6, 6.07) is 6.19. The van der Waals surface area contributed by atoms with Crippen molar-refractivity contribution in [2.75, 3.05) is 6.54 Å². The first-order chi connectivity index (χ1) is 6.64. The number of rotatable bonds is 1. The Labute approximate surface area is 90.3 Å². The maximum absolute atomic E-state index is 6.19. The molecule has 0 saturated heterocycles. The largest absolute Gasteiger partial charge is 0.330 e. The SMILES string of the molecule is CC1(CN)CCc2cccc(Cl)c2C1. The Bertz CT molecular complexity index is 348. The second-order valence-electron chi connectivity index (χ2n) is 4.57. The molecule has 0 heterocycles. The van der Waals surface area contributed by atoms with Crippen molar-refractivity contribution in [2.45, 2.75) is 26.2 Å². The van der Waals surface area contributed by atoms with Crippen LogP contribution in [0.4, 0.5) is 0 Å². The van der Waals surface area contributed by atoms with Gasteiger partial charge < -0.3 is 5.73 Å². The Morgan fingerprint density at radius 3 is 3.00 bits per heavy atom. The van der Waals surface area contributed by atoms with Gasteiger partial charge in [-0.2, -0.15) is 0 Å². The average molecular weight is 210 g/mol. The lowest BCUT2D eigenvalue weighted by molar-refractivity contribution is 0.290. The quantitative estimate of drug-likeness (QED) is 0.757. The molecule has 1 unspecified atom stereocenters. The Kier molecular flexibility index (Phi) is 2.54. The van der Waals surface area contributed by atoms with Crippen molar-refractivity contribution in [2.24, 2.45) is 11.1 Å². The highest BCUT2D eigenvalue weighted by atomic mass is 35.5. The predicted octanol–water partition coefficient (Wildman–Crippen LogP) is 2.79. The summed E-state index contributed by atoms with van der Waals surface area (Å²) in [4.78, 5) is 0. The van der Waals surface area contributed by atoms with E-state index in [-0.39, 0.29) is 5.41 Å². The molecule has 1 nitrogen and oxygen atoms in total. The van der Waals surface area contributed by atoms with E-state index in [9.17, 15) is 0 Å². The summed E-state index contributed by atoms with van der Waals surface area (Å²) in [5.74, 6) is 0. The van der Waals surface area contributed by atoms with Crippen molar-refractivity contribution in [1.29, 1.82) is 0 Å². The van der Waals surface area contributed by atoms with Crippen LogP contribution in [0.2, 0.25) is 5.02 Å². The van der Waals surface area contributed by atoms with Crippen molar-refractivity contribution in [3.8, 4) is 0 Å². The molecule has 2 rings (SSSR count). The predicted molar refractivity (Wildman–Crippen MR) is 60.6 cm³/mol. The summed E-state index contributed by atoms with van der Waals surface area (Å²) in [7, 11) is 0. The number of nitrogens with two attached hydrogens (primary N) is 1. The Morgan fingerprint density at radius 2 is 2.29 bits per heavy atom. The summed E-state index contributed by atoms with van der Waals surface area (Å²) < 4.78 is 0. The van der Waals surface area contributed by atoms with Crippen LogP contribution in [0.25, 0.3) is 0 Å². The van der Waals surface area contributed by atoms with Crippen molar-refractivity contribution < 1.29 is 0 Å². The topological polar surface area (TPSA) is 26.0 Å². The van der Waals surface area contributed by atoms with E-state index < -0.39 is 0 Å². The van der Waals surface area contributed by atoms with E-state index in [1.54, 1.807) is 0 Å². The van der Waals surface area contributed by atoms with Gasteiger partial charge in [0.05, 0.1) is 0 Å². The summed E-state index contributed by atoms with van der Waals surface area (Å²) in [5, 5.41) is 0.905. The van der Waals surface area contributed by atoms with Gasteiger partial charge in [-0.3, -0.25) is 0 Å². The van der Waals surface area contributed by atoms with Gasteiger partial charge >= 0.3 is 0 Å². The summed E-state index contributed by atoms with van der Waals surface area (Å²) >= 11 is 6.19. The van der Waals surface area contributed by atoms with Crippen LogP contribution in [0.1, 0.15) is 24.5 Å². The molecule has 1 aliphatic carbocycles. The molecule has 0 saturated carbocycles. The van der Waals surface area contributed by atoms with Gasteiger partial charge in [-0.25, -0.2) is 0 Å². The maximum Gasteiger partial charge on any atom is 0.0440 e. The molecule has 0 fully saturated rings. The first-order valence-corrected chi connectivity index (χ1v) is 5.49. The normalized spacial score (nSPS) is 25.9. The molecule has 14 heavy (non-hydrogen) atoms. The van der Waals surface area contributed by atoms with E-state index in [4.69, 9.17) is 17.3 Å². The van der Waals surface area contributed by atoms with Gasteiger partial charge in [-0.05, 0) is 48.4 Å². The third-order valence-electron chi connectivity index (χ3n) is 3.31. The smallest absolute Gasteiger partial charge is 0.0440 e. The number of fused-ring (bicyclic) bond motifs is 1. The molecule has 2 N–H and O–H groups in total. The number of hydrogen-bond acceptors (Lipinski definition) is 1. The molecule has 1 aliphatic rings. The van der Waals surface area contributed by atoms with Crippen LogP contribution in [0.15, 0.2) is 18.2 Å². The summed E-state index contributed by atoms with van der Waals surface area (Å²) in [5.41, 5.74) is 8.77. The van der Waals surface area contributed by atoms with Gasteiger partial charge in [0, 0.05) is 5.02 Å². The number of hydrogen-bond donors (Lipinski definition) is 1. The lowest BCUT2D eigenvalue weighted by atomic mass is 9.73. The third-order valence-corrected chi connectivity index (χ3v) is 3.66. The molecule has 1 aromatic carbocycles. The van der Waals surface area contributed by atoms with Crippen LogP contribution in [0, 0.1) is 5.41 Å². The van der Waals surface area contributed by atoms with E-state index in [1.807, 2.05) is 12.1 Å². The minimum Gasteiger partial charge on any atom is -0.330 e. The Hall–Kier alpha value is -0.530. The summed E-state index contributed by atoms with van der Waals surface area (Å²) in [6.07, 6.45) is 3.32. The highest BCUT2D eigenvalue weighted by Crippen LogP contribution is 2.37. The molecular weight excluding hydrogens is 194 g/mol. The second kappa shape index (κ2) is 3.56. The van der Waals surface area contributed by atoms with E-state index in [2.05, 4.69) is 13.0 Å². The first kappa shape index (κ1) is 10.0. The van der Waals surface area contributed by atoms with Gasteiger partial charge in [0.1, 0.15) is 0 Å². The van der Waals surface area contributed by atoms with Gasteiger partial charge in [-0.1, -0.05) is 30.7 Å². The summed E-state index contributed by atoms with van der Waals surface area (Å²) in [6.45, 7) is 3.00. The molecular formula is C12H16ClN. The Balaban J connectivity index is 2.38. The lowest BCUT2D eigenvalue weighted by Crippen LogP contribution is -2.33. The third kappa shape index (κ3) is 1.67. The number of halogens is 1. The van der Waals surface area contributed by atoms with Crippen molar-refractivity contribution in [1.82, 2.24) is 0 Å². The van der Waals surface area contributed by atoms with Gasteiger partial charge in [0.2, 0.25) is 0 Å². The fraction of sp³-hybridized carbons (Fsp3) is 0.500. The number of aryl methyl sites for hydroxylation is 1. The standard InChI is InChI=1S/C12H16ClN/c1-12(8-14)6-5-9-3-2-4-11(13)10(9)7-12/h2-4H,5-8,14H2,1H3. The molecule has 76 valence electrons.